The van der Waals surface area contributed by atoms with E-state index < -0.39 is 0 Å². The minimum atomic E-state index is 0.350. The average Bonchev–Trinajstić information content (AvgIpc) is 3.23. The number of piperidine rings is 1. The van der Waals surface area contributed by atoms with E-state index in [2.05, 4.69) is 27.0 Å². The van der Waals surface area contributed by atoms with E-state index >= 15 is 0 Å². The zero-order chi connectivity index (χ0) is 16.4. The number of H-pyrrole nitrogens is 1. The van der Waals surface area contributed by atoms with Crippen molar-refractivity contribution in [2.45, 2.75) is 38.3 Å². The molecule has 0 unspecified atom stereocenters. The summed E-state index contributed by atoms with van der Waals surface area (Å²) >= 11 is 5.97. The third-order valence-corrected chi connectivity index (χ3v) is 5.76. The Balaban J connectivity index is 1.29. The fraction of sp³-hybridized carbons (Fsp3) is 0.526. The summed E-state index contributed by atoms with van der Waals surface area (Å²) in [5, 5.41) is 0.798. The first-order valence-corrected chi connectivity index (χ1v) is 9.15. The van der Waals surface area contributed by atoms with Gasteiger partial charge in [0.25, 0.3) is 0 Å². The highest BCUT2D eigenvalue weighted by Gasteiger charge is 2.42. The number of ether oxygens (including phenoxy) is 1. The number of aromatic amines is 1. The van der Waals surface area contributed by atoms with Crippen molar-refractivity contribution in [2.24, 2.45) is 5.41 Å². The van der Waals surface area contributed by atoms with Gasteiger partial charge in [0.2, 0.25) is 0 Å². The van der Waals surface area contributed by atoms with Crippen molar-refractivity contribution < 1.29 is 4.74 Å². The third-order valence-electron chi connectivity index (χ3n) is 5.51. The first-order chi connectivity index (χ1) is 11.7. The number of aromatic nitrogens is 2. The molecule has 0 bridgehead atoms. The number of hydrogen-bond acceptors (Lipinski definition) is 3. The highest BCUT2D eigenvalue weighted by atomic mass is 35.5. The summed E-state index contributed by atoms with van der Waals surface area (Å²) in [6, 6.07) is 8.16. The van der Waals surface area contributed by atoms with Gasteiger partial charge in [-0.05, 0) is 61.9 Å². The van der Waals surface area contributed by atoms with Crippen LogP contribution in [0.3, 0.4) is 0 Å². The number of halogens is 1. The van der Waals surface area contributed by atoms with Gasteiger partial charge in [-0.15, -0.1) is 0 Å². The molecular weight excluding hydrogens is 322 g/mol. The lowest BCUT2D eigenvalue weighted by molar-refractivity contribution is 0.0625. The molecule has 4 nitrogen and oxygen atoms in total. The molecular formula is C19H24ClN3O. The normalized spacial score (nSPS) is 23.8. The van der Waals surface area contributed by atoms with Crippen LogP contribution in [0.2, 0.25) is 5.02 Å². The highest BCUT2D eigenvalue weighted by molar-refractivity contribution is 6.30. The number of rotatable bonds is 4. The van der Waals surface area contributed by atoms with Gasteiger partial charge >= 0.3 is 0 Å². The van der Waals surface area contributed by atoms with Gasteiger partial charge in [-0.25, -0.2) is 4.98 Å². The molecule has 1 atom stereocenters. The lowest BCUT2D eigenvalue weighted by Crippen LogP contribution is -2.40. The van der Waals surface area contributed by atoms with Crippen molar-refractivity contribution in [2.75, 3.05) is 19.7 Å². The maximum Gasteiger partial charge on any atom is 0.120 e. The molecule has 0 aliphatic carbocycles. The van der Waals surface area contributed by atoms with Crippen molar-refractivity contribution in [3.05, 3.63) is 53.1 Å². The molecule has 0 radical (unpaired) electrons. The summed E-state index contributed by atoms with van der Waals surface area (Å²) in [4.78, 5) is 10.0. The van der Waals surface area contributed by atoms with Gasteiger partial charge in [-0.1, -0.05) is 23.7 Å². The maximum absolute atomic E-state index is 6.15. The van der Waals surface area contributed by atoms with Crippen molar-refractivity contribution in [1.82, 2.24) is 14.9 Å². The predicted octanol–water partition coefficient (Wildman–Crippen LogP) is 3.68. The van der Waals surface area contributed by atoms with Crippen LogP contribution in [-0.2, 0) is 17.7 Å². The summed E-state index contributed by atoms with van der Waals surface area (Å²) in [6.07, 6.45) is 8.71. The van der Waals surface area contributed by atoms with E-state index in [0.717, 1.165) is 43.5 Å². The molecule has 2 saturated heterocycles. The molecule has 1 aromatic heterocycles. The second kappa shape index (κ2) is 6.87. The fourth-order valence-corrected chi connectivity index (χ4v) is 4.17. The fourth-order valence-electron chi connectivity index (χ4n) is 4.04. The van der Waals surface area contributed by atoms with Crippen molar-refractivity contribution in [3.8, 4) is 0 Å². The molecule has 0 saturated carbocycles. The number of nitrogens with zero attached hydrogens (tertiary/aromatic N) is 2. The van der Waals surface area contributed by atoms with Crippen LogP contribution >= 0.6 is 11.6 Å². The number of hydrogen-bond donors (Lipinski definition) is 1. The van der Waals surface area contributed by atoms with E-state index in [1.54, 1.807) is 0 Å². The number of benzene rings is 1. The second-order valence-electron chi connectivity index (χ2n) is 7.28. The second-order valence-corrected chi connectivity index (χ2v) is 7.72. The van der Waals surface area contributed by atoms with Gasteiger partial charge in [0, 0.05) is 17.4 Å². The Morgan fingerprint density at radius 3 is 2.75 bits per heavy atom. The van der Waals surface area contributed by atoms with Gasteiger partial charge in [0.15, 0.2) is 0 Å². The lowest BCUT2D eigenvalue weighted by Gasteiger charge is -2.38. The lowest BCUT2D eigenvalue weighted by atomic mass is 9.76. The average molecular weight is 346 g/mol. The Labute approximate surface area is 148 Å². The standard InChI is InChI=1S/C19H24ClN3O/c20-16-3-1-15(2-4-16)11-17-12-19(14-24-17)5-9-23(10-6-19)13-18-21-7-8-22-18/h1-4,7-8,17H,5-6,9-14H2,(H,21,22)/t17-/m0/s1. The molecule has 1 spiro atoms. The Morgan fingerprint density at radius 2 is 2.04 bits per heavy atom. The minimum Gasteiger partial charge on any atom is -0.377 e. The van der Waals surface area contributed by atoms with Crippen molar-refractivity contribution in [3.63, 3.8) is 0 Å². The molecule has 3 heterocycles. The van der Waals surface area contributed by atoms with Crippen LogP contribution in [0.15, 0.2) is 36.7 Å². The Hall–Kier alpha value is -1.36. The number of nitrogens with one attached hydrogen (secondary N) is 1. The van der Waals surface area contributed by atoms with E-state index in [-0.39, 0.29) is 0 Å². The molecule has 2 aliphatic rings. The maximum atomic E-state index is 6.15. The molecule has 2 aliphatic heterocycles. The quantitative estimate of drug-likeness (QED) is 0.919. The van der Waals surface area contributed by atoms with Crippen LogP contribution in [0.25, 0.3) is 0 Å². The van der Waals surface area contributed by atoms with Crippen LogP contribution in [0.5, 0.6) is 0 Å². The van der Waals surface area contributed by atoms with E-state index in [0.29, 0.717) is 11.5 Å². The predicted molar refractivity (Wildman–Crippen MR) is 95.0 cm³/mol. The summed E-state index contributed by atoms with van der Waals surface area (Å²) in [7, 11) is 0. The van der Waals surface area contributed by atoms with Crippen LogP contribution < -0.4 is 0 Å². The Morgan fingerprint density at radius 1 is 1.25 bits per heavy atom. The molecule has 1 aromatic carbocycles. The molecule has 4 rings (SSSR count). The van der Waals surface area contributed by atoms with E-state index in [4.69, 9.17) is 16.3 Å². The largest absolute Gasteiger partial charge is 0.377 e. The van der Waals surface area contributed by atoms with Gasteiger partial charge in [0.1, 0.15) is 5.82 Å². The minimum absolute atomic E-state index is 0.350. The van der Waals surface area contributed by atoms with Crippen LogP contribution in [0, 0.1) is 5.41 Å². The van der Waals surface area contributed by atoms with Gasteiger partial charge < -0.3 is 9.72 Å². The summed E-state index contributed by atoms with van der Waals surface area (Å²) < 4.78 is 6.15. The monoisotopic (exact) mass is 345 g/mol. The van der Waals surface area contributed by atoms with Crippen molar-refractivity contribution in [1.29, 1.82) is 0 Å². The summed E-state index contributed by atoms with van der Waals surface area (Å²) in [5.41, 5.74) is 1.70. The van der Waals surface area contributed by atoms with Gasteiger partial charge in [-0.3, -0.25) is 4.90 Å². The van der Waals surface area contributed by atoms with Crippen LogP contribution in [0.1, 0.15) is 30.7 Å². The highest BCUT2D eigenvalue weighted by Crippen LogP contribution is 2.42. The van der Waals surface area contributed by atoms with Crippen LogP contribution in [-0.4, -0.2) is 40.7 Å². The van der Waals surface area contributed by atoms with Crippen LogP contribution in [0.4, 0.5) is 0 Å². The number of likely N-dealkylation sites (tertiary alicyclic amines) is 1. The molecule has 5 heteroatoms. The smallest absolute Gasteiger partial charge is 0.120 e. The Bertz CT molecular complexity index is 648. The first kappa shape index (κ1) is 16.1. The van der Waals surface area contributed by atoms with E-state index in [1.807, 2.05) is 24.5 Å². The SMILES string of the molecule is Clc1ccc(C[C@H]2CC3(CCN(Cc4ncc[nH]4)CC3)CO2)cc1. The Kier molecular flexibility index (Phi) is 4.61. The molecule has 0 amide bonds. The van der Waals surface area contributed by atoms with E-state index in [1.165, 1.54) is 24.8 Å². The third kappa shape index (κ3) is 3.66. The summed E-state index contributed by atoms with van der Waals surface area (Å²) in [6.45, 7) is 4.12. The van der Waals surface area contributed by atoms with Crippen molar-refractivity contribution >= 4 is 11.6 Å². The van der Waals surface area contributed by atoms with Gasteiger partial charge in [0.05, 0.1) is 19.3 Å². The zero-order valence-electron chi connectivity index (χ0n) is 13.9. The molecule has 1 N–H and O–H groups in total. The number of imidazole rings is 1. The molecule has 128 valence electrons. The zero-order valence-corrected chi connectivity index (χ0v) is 14.6. The van der Waals surface area contributed by atoms with Gasteiger partial charge in [-0.2, -0.15) is 0 Å². The van der Waals surface area contributed by atoms with E-state index in [9.17, 15) is 0 Å². The molecule has 24 heavy (non-hydrogen) atoms. The first-order valence-electron chi connectivity index (χ1n) is 8.78. The molecule has 2 fully saturated rings. The molecule has 2 aromatic rings. The summed E-state index contributed by atoms with van der Waals surface area (Å²) in [5.74, 6) is 1.06. The topological polar surface area (TPSA) is 41.2 Å².